The summed E-state index contributed by atoms with van der Waals surface area (Å²) in [6.07, 6.45) is 9.04. The van der Waals surface area contributed by atoms with Crippen molar-refractivity contribution in [2.45, 2.75) is 57.3 Å². The van der Waals surface area contributed by atoms with E-state index in [4.69, 9.17) is 32.7 Å². The summed E-state index contributed by atoms with van der Waals surface area (Å²) in [4.78, 5) is 31.7. The van der Waals surface area contributed by atoms with E-state index in [1.165, 1.54) is 0 Å². The Morgan fingerprint density at radius 3 is 2.67 bits per heavy atom. The second-order valence-electron chi connectivity index (χ2n) is 12.4. The molecule has 2 heterocycles. The molecule has 45 heavy (non-hydrogen) atoms. The van der Waals surface area contributed by atoms with Crippen LogP contribution in [-0.2, 0) is 19.1 Å². The van der Waals surface area contributed by atoms with Crippen LogP contribution >= 0.6 is 23.2 Å². The molecule has 0 saturated carbocycles. The maximum atomic E-state index is 16.6. The minimum absolute atomic E-state index is 0.105. The molecule has 0 spiro atoms. The van der Waals surface area contributed by atoms with Crippen LogP contribution in [0.5, 0.6) is 0 Å². The summed E-state index contributed by atoms with van der Waals surface area (Å²) in [6, 6.07) is 5.71. The molecule has 2 amide bonds. The fourth-order valence-electron chi connectivity index (χ4n) is 7.11. The first kappa shape index (κ1) is 33.8. The summed E-state index contributed by atoms with van der Waals surface area (Å²) in [6.45, 7) is 7.49. The number of hydrogen-bond donors (Lipinski definition) is 1. The number of piperidine rings is 1. The predicted octanol–water partition coefficient (Wildman–Crippen LogP) is 6.81. The number of rotatable bonds is 10. The van der Waals surface area contributed by atoms with Crippen LogP contribution < -0.4 is 5.32 Å². The zero-order valence-electron chi connectivity index (χ0n) is 25.7. The normalized spacial score (nSPS) is 29.4. The van der Waals surface area contributed by atoms with Gasteiger partial charge in [0, 0.05) is 54.3 Å². The monoisotopic (exact) mass is 663 g/mol. The third-order valence-corrected chi connectivity index (χ3v) is 9.52. The quantitative estimate of drug-likeness (QED) is 0.298. The third kappa shape index (κ3) is 7.71. The van der Waals surface area contributed by atoms with Gasteiger partial charge in [-0.15, -0.1) is 0 Å². The molecule has 0 radical (unpaired) electrons. The highest BCUT2D eigenvalue weighted by atomic mass is 35.5. The van der Waals surface area contributed by atoms with Gasteiger partial charge in [0.2, 0.25) is 11.8 Å². The van der Waals surface area contributed by atoms with Gasteiger partial charge in [0.1, 0.15) is 11.4 Å². The first-order valence-electron chi connectivity index (χ1n) is 15.7. The lowest BCUT2D eigenvalue weighted by Gasteiger charge is -2.53. The zero-order valence-corrected chi connectivity index (χ0v) is 27.2. The summed E-state index contributed by atoms with van der Waals surface area (Å²) in [5.41, 5.74) is -0.956. The highest BCUT2D eigenvalue weighted by Crippen LogP contribution is 2.51. The fraction of sp³-hybridized carbons (Fsp3) is 0.529. The Hall–Kier alpha value is -2.56. The summed E-state index contributed by atoms with van der Waals surface area (Å²) >= 11 is 12.7. The number of anilines is 1. The number of carbonyl (C=O) groups excluding carboxylic acids is 2. The molecule has 7 nitrogen and oxygen atoms in total. The highest BCUT2D eigenvalue weighted by molar-refractivity contribution is 6.31. The highest BCUT2D eigenvalue weighted by Gasteiger charge is 2.58. The average Bonchev–Trinajstić information content (AvgIpc) is 3.00. The Labute approximate surface area is 273 Å². The molecule has 0 bridgehead atoms. The van der Waals surface area contributed by atoms with E-state index >= 15 is 8.78 Å². The Bertz CT molecular complexity index is 1380. The van der Waals surface area contributed by atoms with Gasteiger partial charge in [-0.05, 0) is 69.5 Å². The molecule has 2 aliphatic carbocycles. The third-order valence-electron chi connectivity index (χ3n) is 9.03. The average molecular weight is 665 g/mol. The molecule has 2 fully saturated rings. The number of likely N-dealkylation sites (tertiary alicyclic amines) is 1. The minimum atomic E-state index is -1.43. The van der Waals surface area contributed by atoms with Crippen molar-refractivity contribution < 1.29 is 27.8 Å². The van der Waals surface area contributed by atoms with E-state index < -0.39 is 53.1 Å². The Morgan fingerprint density at radius 1 is 1.18 bits per heavy atom. The van der Waals surface area contributed by atoms with Gasteiger partial charge in [-0.2, -0.15) is 0 Å². The first-order chi connectivity index (χ1) is 21.6. The fourth-order valence-corrected chi connectivity index (χ4v) is 7.54. The molecule has 0 aromatic heterocycles. The van der Waals surface area contributed by atoms with E-state index in [0.29, 0.717) is 48.3 Å². The maximum absolute atomic E-state index is 16.6. The van der Waals surface area contributed by atoms with Crippen LogP contribution in [0.4, 0.5) is 14.5 Å². The molecule has 2 unspecified atom stereocenters. The number of hydrogen-bond acceptors (Lipinski definition) is 5. The van der Waals surface area contributed by atoms with Crippen LogP contribution in [0.15, 0.2) is 71.3 Å². The number of amides is 2. The summed E-state index contributed by atoms with van der Waals surface area (Å²) in [7, 11) is 0. The van der Waals surface area contributed by atoms with Crippen molar-refractivity contribution >= 4 is 40.7 Å². The van der Waals surface area contributed by atoms with Crippen molar-refractivity contribution in [3.63, 3.8) is 0 Å². The van der Waals surface area contributed by atoms with E-state index in [1.54, 1.807) is 47.4 Å². The second-order valence-corrected chi connectivity index (χ2v) is 13.2. The number of halogens is 4. The zero-order chi connectivity index (χ0) is 32.1. The van der Waals surface area contributed by atoms with E-state index in [9.17, 15) is 9.59 Å². The molecule has 1 aromatic carbocycles. The van der Waals surface area contributed by atoms with Crippen LogP contribution in [0.25, 0.3) is 0 Å². The van der Waals surface area contributed by atoms with Crippen molar-refractivity contribution in [3.05, 3.63) is 76.4 Å². The molecule has 5 atom stereocenters. The number of benzene rings is 1. The van der Waals surface area contributed by atoms with Crippen molar-refractivity contribution in [2.24, 2.45) is 17.8 Å². The number of nitrogens with zero attached hydrogens (tertiary/aromatic N) is 2. The topological polar surface area (TPSA) is 71.1 Å². The van der Waals surface area contributed by atoms with Crippen molar-refractivity contribution in [2.75, 3.05) is 44.7 Å². The lowest BCUT2D eigenvalue weighted by Crippen LogP contribution is -2.63. The van der Waals surface area contributed by atoms with Gasteiger partial charge in [0.15, 0.2) is 5.83 Å². The Morgan fingerprint density at radius 2 is 1.96 bits per heavy atom. The number of allylic oxidation sites excluding steroid dienone is 5. The van der Waals surface area contributed by atoms with Gasteiger partial charge in [0.05, 0.1) is 37.2 Å². The van der Waals surface area contributed by atoms with Crippen LogP contribution in [0.2, 0.25) is 5.02 Å². The van der Waals surface area contributed by atoms with Gasteiger partial charge in [-0.3, -0.25) is 14.5 Å². The molecular weight excluding hydrogens is 623 g/mol. The van der Waals surface area contributed by atoms with Crippen molar-refractivity contribution in [1.29, 1.82) is 0 Å². The number of morpholine rings is 1. The summed E-state index contributed by atoms with van der Waals surface area (Å²) in [5.74, 6) is -5.33. The standard InChI is InChI=1S/C34H41Cl2F2N3O4/c1-22(2)45-34(23-6-3-7-24(35)20-23)13-12-28(37)31(38)30(34)32-27(33(43)39-26-9-4-8-25(36)21-26)10-11-29(42)41(32)15-5-14-40-16-18-44-19-17-40/h3-4,7-9,12-13,20-23,27,30,32H,5-6,10-11,14-19H2,1-2H3,(H,39,43)/t23-,27-,30?,32-,34?/m0/s1. The molecule has 1 N–H and O–H groups in total. The molecule has 4 aliphatic rings. The van der Waals surface area contributed by atoms with Crippen LogP contribution in [-0.4, -0.2) is 78.8 Å². The van der Waals surface area contributed by atoms with Gasteiger partial charge >= 0.3 is 0 Å². The number of ether oxygens (including phenoxy) is 2. The van der Waals surface area contributed by atoms with Crippen LogP contribution in [0.3, 0.4) is 0 Å². The largest absolute Gasteiger partial charge is 0.379 e. The van der Waals surface area contributed by atoms with E-state index in [1.807, 2.05) is 19.9 Å². The van der Waals surface area contributed by atoms with Crippen molar-refractivity contribution in [1.82, 2.24) is 9.80 Å². The molecule has 2 aliphatic heterocycles. The predicted molar refractivity (Wildman–Crippen MR) is 172 cm³/mol. The van der Waals surface area contributed by atoms with E-state index in [0.717, 1.165) is 19.2 Å². The molecule has 1 aromatic rings. The Kier molecular flexibility index (Phi) is 11.2. The van der Waals surface area contributed by atoms with Gasteiger partial charge in [-0.25, -0.2) is 8.78 Å². The second kappa shape index (κ2) is 14.9. The summed E-state index contributed by atoms with van der Waals surface area (Å²) < 4.78 is 44.2. The number of carbonyl (C=O) groups is 2. The van der Waals surface area contributed by atoms with E-state index in [2.05, 4.69) is 10.2 Å². The van der Waals surface area contributed by atoms with E-state index in [-0.39, 0.29) is 25.3 Å². The Balaban J connectivity index is 1.57. The molecule has 2 saturated heterocycles. The van der Waals surface area contributed by atoms with Gasteiger partial charge in [-0.1, -0.05) is 41.4 Å². The SMILES string of the molecule is CC(C)OC1([C@@H]2C=C(Cl)C=CC2)C=CC(F)=C(F)C1[C@@H]1[C@@H](C(=O)Nc2cccc(Cl)c2)CCC(=O)N1CCCN1CCOCC1. The lowest BCUT2D eigenvalue weighted by atomic mass is 9.64. The molecule has 5 rings (SSSR count). The lowest BCUT2D eigenvalue weighted by molar-refractivity contribution is -0.158. The van der Waals surface area contributed by atoms with Crippen LogP contribution in [0.1, 0.15) is 39.5 Å². The van der Waals surface area contributed by atoms with Gasteiger partial charge in [0.25, 0.3) is 0 Å². The minimum Gasteiger partial charge on any atom is -0.379 e. The van der Waals surface area contributed by atoms with Crippen molar-refractivity contribution in [3.8, 4) is 0 Å². The molecule has 244 valence electrons. The summed E-state index contributed by atoms with van der Waals surface area (Å²) in [5, 5.41) is 3.83. The maximum Gasteiger partial charge on any atom is 0.229 e. The molecule has 11 heteroatoms. The first-order valence-corrected chi connectivity index (χ1v) is 16.5. The molecular formula is C34H41Cl2F2N3O4. The smallest absolute Gasteiger partial charge is 0.229 e. The number of nitrogens with one attached hydrogen (secondary N) is 1. The van der Waals surface area contributed by atoms with Crippen LogP contribution in [0, 0.1) is 17.8 Å². The van der Waals surface area contributed by atoms with Gasteiger partial charge < -0.3 is 19.7 Å².